The van der Waals surface area contributed by atoms with Gasteiger partial charge in [0, 0.05) is 31.2 Å². The predicted molar refractivity (Wildman–Crippen MR) is 71.9 cm³/mol. The maximum Gasteiger partial charge on any atom is 0.0252 e. The lowest BCUT2D eigenvalue weighted by Gasteiger charge is -2.42. The highest BCUT2D eigenvalue weighted by atomic mass is 15.2. The smallest absolute Gasteiger partial charge is 0.0252 e. The van der Waals surface area contributed by atoms with Gasteiger partial charge in [0.05, 0.1) is 0 Å². The quantitative estimate of drug-likeness (QED) is 0.700. The summed E-state index contributed by atoms with van der Waals surface area (Å²) in [5.41, 5.74) is 0.302. The van der Waals surface area contributed by atoms with E-state index >= 15 is 0 Å². The number of rotatable bonds is 6. The van der Waals surface area contributed by atoms with Crippen molar-refractivity contribution in [2.24, 2.45) is 0 Å². The van der Waals surface area contributed by atoms with Gasteiger partial charge in [0.1, 0.15) is 0 Å². The molecule has 2 heteroatoms. The number of nitrogens with one attached hydrogen (secondary N) is 1. The van der Waals surface area contributed by atoms with Crippen LogP contribution in [0.5, 0.6) is 0 Å². The first-order valence-electron chi connectivity index (χ1n) is 7.04. The maximum absolute atomic E-state index is 3.58. The standard InChI is InChI=1S/C14H30N2/c1-5-6-7-8-9-13(2)16-11-10-15-14(3,4)12-16/h13,15H,5-12H2,1-4H3. The average molecular weight is 226 g/mol. The second-order valence-corrected chi connectivity index (χ2v) is 5.98. The summed E-state index contributed by atoms with van der Waals surface area (Å²) >= 11 is 0. The number of hydrogen-bond acceptors (Lipinski definition) is 2. The molecule has 0 amide bonds. The number of nitrogens with zero attached hydrogens (tertiary/aromatic N) is 1. The molecule has 0 saturated carbocycles. The summed E-state index contributed by atoms with van der Waals surface area (Å²) < 4.78 is 0. The third-order valence-corrected chi connectivity index (χ3v) is 3.70. The summed E-state index contributed by atoms with van der Waals surface area (Å²) in [5.74, 6) is 0. The highest BCUT2D eigenvalue weighted by Gasteiger charge is 2.27. The minimum atomic E-state index is 0.302. The molecule has 1 N–H and O–H groups in total. The van der Waals surface area contributed by atoms with Crippen LogP contribution in [0.3, 0.4) is 0 Å². The van der Waals surface area contributed by atoms with Crippen molar-refractivity contribution in [2.75, 3.05) is 19.6 Å². The summed E-state index contributed by atoms with van der Waals surface area (Å²) in [7, 11) is 0. The van der Waals surface area contributed by atoms with Gasteiger partial charge in [-0.3, -0.25) is 4.90 Å². The van der Waals surface area contributed by atoms with Crippen LogP contribution in [-0.2, 0) is 0 Å². The third kappa shape index (κ3) is 4.84. The van der Waals surface area contributed by atoms with E-state index in [1.165, 1.54) is 45.2 Å². The zero-order chi connectivity index (χ0) is 12.0. The van der Waals surface area contributed by atoms with Gasteiger partial charge in [0.15, 0.2) is 0 Å². The first-order chi connectivity index (χ1) is 7.55. The highest BCUT2D eigenvalue weighted by molar-refractivity contribution is 4.88. The van der Waals surface area contributed by atoms with E-state index in [1.807, 2.05) is 0 Å². The molecule has 1 fully saturated rings. The van der Waals surface area contributed by atoms with Gasteiger partial charge in [-0.15, -0.1) is 0 Å². The topological polar surface area (TPSA) is 15.3 Å². The zero-order valence-corrected chi connectivity index (χ0v) is 11.7. The van der Waals surface area contributed by atoms with Crippen LogP contribution in [0.25, 0.3) is 0 Å². The largest absolute Gasteiger partial charge is 0.309 e. The van der Waals surface area contributed by atoms with Crippen molar-refractivity contribution in [2.45, 2.75) is 71.4 Å². The number of unbranched alkanes of at least 4 members (excludes halogenated alkanes) is 3. The maximum atomic E-state index is 3.58. The van der Waals surface area contributed by atoms with E-state index in [-0.39, 0.29) is 0 Å². The lowest BCUT2D eigenvalue weighted by molar-refractivity contribution is 0.110. The Morgan fingerprint density at radius 1 is 1.25 bits per heavy atom. The Balaban J connectivity index is 2.22. The van der Waals surface area contributed by atoms with Crippen LogP contribution in [0.15, 0.2) is 0 Å². The van der Waals surface area contributed by atoms with Crippen LogP contribution in [-0.4, -0.2) is 36.1 Å². The van der Waals surface area contributed by atoms with Gasteiger partial charge < -0.3 is 5.32 Å². The lowest BCUT2D eigenvalue weighted by atomic mass is 9.99. The zero-order valence-electron chi connectivity index (χ0n) is 11.7. The SMILES string of the molecule is CCCCCCC(C)N1CCNC(C)(C)C1. The van der Waals surface area contributed by atoms with E-state index in [0.717, 1.165) is 12.6 Å². The number of piperazine rings is 1. The molecule has 1 heterocycles. The molecule has 0 radical (unpaired) electrons. The van der Waals surface area contributed by atoms with Crippen LogP contribution in [0.2, 0.25) is 0 Å². The first kappa shape index (κ1) is 14.0. The summed E-state index contributed by atoms with van der Waals surface area (Å²) in [6.07, 6.45) is 6.93. The van der Waals surface area contributed by atoms with Crippen LogP contribution < -0.4 is 5.32 Å². The van der Waals surface area contributed by atoms with Crippen LogP contribution in [0.1, 0.15) is 59.8 Å². The van der Waals surface area contributed by atoms with E-state index < -0.39 is 0 Å². The summed E-state index contributed by atoms with van der Waals surface area (Å²) in [5, 5.41) is 3.58. The minimum absolute atomic E-state index is 0.302. The molecule has 1 rings (SSSR count). The van der Waals surface area contributed by atoms with Gasteiger partial charge >= 0.3 is 0 Å². The molecule has 0 aromatic carbocycles. The molecule has 1 saturated heterocycles. The Morgan fingerprint density at radius 2 is 2.00 bits per heavy atom. The molecule has 1 aliphatic rings. The van der Waals surface area contributed by atoms with Gasteiger partial charge in [0.25, 0.3) is 0 Å². The fourth-order valence-corrected chi connectivity index (χ4v) is 2.61. The molecule has 1 atom stereocenters. The van der Waals surface area contributed by atoms with Gasteiger partial charge in [-0.1, -0.05) is 32.6 Å². The Bertz CT molecular complexity index is 189. The fourth-order valence-electron chi connectivity index (χ4n) is 2.61. The van der Waals surface area contributed by atoms with Gasteiger partial charge in [-0.2, -0.15) is 0 Å². The monoisotopic (exact) mass is 226 g/mol. The molecule has 0 spiro atoms. The van der Waals surface area contributed by atoms with Crippen molar-refractivity contribution in [3.63, 3.8) is 0 Å². The molecular weight excluding hydrogens is 196 g/mol. The highest BCUT2D eigenvalue weighted by Crippen LogP contribution is 2.16. The Morgan fingerprint density at radius 3 is 2.62 bits per heavy atom. The van der Waals surface area contributed by atoms with Crippen molar-refractivity contribution < 1.29 is 0 Å². The molecule has 1 unspecified atom stereocenters. The molecule has 2 nitrogen and oxygen atoms in total. The molecule has 96 valence electrons. The van der Waals surface area contributed by atoms with Crippen molar-refractivity contribution in [1.82, 2.24) is 10.2 Å². The van der Waals surface area contributed by atoms with Gasteiger partial charge in [-0.25, -0.2) is 0 Å². The molecule has 0 aromatic heterocycles. The third-order valence-electron chi connectivity index (χ3n) is 3.70. The van der Waals surface area contributed by atoms with E-state index in [4.69, 9.17) is 0 Å². The summed E-state index contributed by atoms with van der Waals surface area (Å²) in [6.45, 7) is 12.9. The Labute approximate surface area is 102 Å². The second kappa shape index (κ2) is 6.61. The molecule has 0 bridgehead atoms. The van der Waals surface area contributed by atoms with E-state index in [0.29, 0.717) is 5.54 Å². The van der Waals surface area contributed by atoms with Crippen molar-refractivity contribution >= 4 is 0 Å². The molecule has 0 aliphatic carbocycles. The second-order valence-electron chi connectivity index (χ2n) is 5.98. The number of hydrogen-bond donors (Lipinski definition) is 1. The molecular formula is C14H30N2. The molecule has 1 aliphatic heterocycles. The van der Waals surface area contributed by atoms with E-state index in [1.54, 1.807) is 0 Å². The summed E-state index contributed by atoms with van der Waals surface area (Å²) in [6, 6.07) is 0.762. The van der Waals surface area contributed by atoms with Crippen LogP contribution >= 0.6 is 0 Å². The van der Waals surface area contributed by atoms with Crippen molar-refractivity contribution in [3.05, 3.63) is 0 Å². The average Bonchev–Trinajstić information content (AvgIpc) is 2.22. The van der Waals surface area contributed by atoms with Crippen molar-refractivity contribution in [3.8, 4) is 0 Å². The fraction of sp³-hybridized carbons (Fsp3) is 1.00. The predicted octanol–water partition coefficient (Wildman–Crippen LogP) is 3.03. The van der Waals surface area contributed by atoms with E-state index in [9.17, 15) is 0 Å². The normalized spacial score (nSPS) is 23.2. The Kier molecular flexibility index (Phi) is 5.77. The molecule has 16 heavy (non-hydrogen) atoms. The van der Waals surface area contributed by atoms with Crippen LogP contribution in [0, 0.1) is 0 Å². The van der Waals surface area contributed by atoms with Gasteiger partial charge in [0.2, 0.25) is 0 Å². The molecule has 0 aromatic rings. The van der Waals surface area contributed by atoms with E-state index in [2.05, 4.69) is 37.9 Å². The van der Waals surface area contributed by atoms with Gasteiger partial charge in [-0.05, 0) is 27.2 Å². The Hall–Kier alpha value is -0.0800. The minimum Gasteiger partial charge on any atom is -0.309 e. The lowest BCUT2D eigenvalue weighted by Crippen LogP contribution is -2.58. The van der Waals surface area contributed by atoms with Crippen LogP contribution in [0.4, 0.5) is 0 Å². The first-order valence-corrected chi connectivity index (χ1v) is 7.04. The summed E-state index contributed by atoms with van der Waals surface area (Å²) in [4.78, 5) is 2.66. The van der Waals surface area contributed by atoms with Crippen molar-refractivity contribution in [1.29, 1.82) is 0 Å².